The molecule has 8 nitrogen and oxygen atoms in total. The van der Waals surface area contributed by atoms with Crippen LogP contribution in [-0.2, 0) is 32.6 Å². The number of benzene rings is 4. The molecule has 1 unspecified atom stereocenters. The zero-order valence-electron chi connectivity index (χ0n) is 26.8. The van der Waals surface area contributed by atoms with Gasteiger partial charge in [0.25, 0.3) is 10.0 Å². The molecule has 11 heteroatoms. The molecule has 0 spiro atoms. The average molecular weight is 680 g/mol. The van der Waals surface area contributed by atoms with Crippen LogP contribution in [0.2, 0.25) is 5.02 Å². The summed E-state index contributed by atoms with van der Waals surface area (Å²) in [6.07, 6.45) is 0.176. The number of ether oxygens (including phenoxy) is 1. The lowest BCUT2D eigenvalue weighted by atomic mass is 10.0. The van der Waals surface area contributed by atoms with E-state index in [1.54, 1.807) is 36.4 Å². The number of halogens is 2. The van der Waals surface area contributed by atoms with Gasteiger partial charge in [-0.3, -0.25) is 13.9 Å². The normalized spacial score (nSPS) is 12.2. The third kappa shape index (κ3) is 9.79. The molecule has 1 atom stereocenters. The Labute approximate surface area is 281 Å². The van der Waals surface area contributed by atoms with Crippen LogP contribution in [0.25, 0.3) is 0 Å². The van der Waals surface area contributed by atoms with Crippen molar-refractivity contribution in [2.24, 2.45) is 0 Å². The number of amides is 2. The Kier molecular flexibility index (Phi) is 11.7. The van der Waals surface area contributed by atoms with Gasteiger partial charge >= 0.3 is 0 Å². The first kappa shape index (κ1) is 35.4. The highest BCUT2D eigenvalue weighted by Gasteiger charge is 2.35. The maximum atomic E-state index is 14.5. The van der Waals surface area contributed by atoms with Crippen LogP contribution in [0.5, 0.6) is 5.75 Å². The molecule has 4 aromatic carbocycles. The van der Waals surface area contributed by atoms with Crippen molar-refractivity contribution in [1.82, 2.24) is 10.2 Å². The van der Waals surface area contributed by atoms with Crippen LogP contribution in [0.1, 0.15) is 38.8 Å². The van der Waals surface area contributed by atoms with Gasteiger partial charge in [0.2, 0.25) is 11.8 Å². The minimum absolute atomic E-state index is 0.00121. The Balaban J connectivity index is 1.81. The Hall–Kier alpha value is -4.41. The van der Waals surface area contributed by atoms with Crippen LogP contribution in [-0.4, -0.2) is 49.9 Å². The summed E-state index contributed by atoms with van der Waals surface area (Å²) in [5.41, 5.74) is 1.09. The summed E-state index contributed by atoms with van der Waals surface area (Å²) in [5, 5.41) is 3.50. The monoisotopic (exact) mass is 679 g/mol. The van der Waals surface area contributed by atoms with Crippen molar-refractivity contribution in [2.75, 3.05) is 17.5 Å². The summed E-state index contributed by atoms with van der Waals surface area (Å²) in [5.74, 6) is -1.09. The molecule has 0 fully saturated rings. The van der Waals surface area contributed by atoms with Gasteiger partial charge in [0.15, 0.2) is 0 Å². The van der Waals surface area contributed by atoms with E-state index in [4.69, 9.17) is 16.3 Å². The van der Waals surface area contributed by atoms with Crippen molar-refractivity contribution >= 4 is 39.1 Å². The molecule has 0 aromatic heterocycles. The number of carbonyl (C=O) groups excluding carboxylic acids is 2. The van der Waals surface area contributed by atoms with Crippen molar-refractivity contribution in [1.29, 1.82) is 0 Å². The number of hydrogen-bond donors (Lipinski definition) is 1. The van der Waals surface area contributed by atoms with E-state index in [0.717, 1.165) is 34.1 Å². The van der Waals surface area contributed by atoms with Gasteiger partial charge in [0, 0.05) is 23.5 Å². The van der Waals surface area contributed by atoms with Crippen molar-refractivity contribution in [3.63, 3.8) is 0 Å². The number of carbonyl (C=O) groups is 2. The van der Waals surface area contributed by atoms with Crippen LogP contribution in [0.4, 0.5) is 10.1 Å². The first-order valence-corrected chi connectivity index (χ1v) is 17.0. The number of rotatable bonds is 13. The van der Waals surface area contributed by atoms with Crippen LogP contribution in [0.15, 0.2) is 108 Å². The van der Waals surface area contributed by atoms with E-state index >= 15 is 0 Å². The second-order valence-corrected chi connectivity index (χ2v) is 14.3. The summed E-state index contributed by atoms with van der Waals surface area (Å²) < 4.78 is 48.5. The van der Waals surface area contributed by atoms with Gasteiger partial charge in [0.05, 0.1) is 17.2 Å². The van der Waals surface area contributed by atoms with E-state index in [1.807, 2.05) is 58.0 Å². The van der Waals surface area contributed by atoms with E-state index in [9.17, 15) is 22.4 Å². The number of anilines is 1. The minimum atomic E-state index is -4.38. The molecule has 0 saturated carbocycles. The predicted octanol–water partition coefficient (Wildman–Crippen LogP) is 6.63. The van der Waals surface area contributed by atoms with E-state index in [0.29, 0.717) is 22.9 Å². The van der Waals surface area contributed by atoms with Crippen LogP contribution >= 0.6 is 11.6 Å². The van der Waals surface area contributed by atoms with Gasteiger partial charge < -0.3 is 15.0 Å². The smallest absolute Gasteiger partial charge is 0.264 e. The van der Waals surface area contributed by atoms with Gasteiger partial charge in [-0.1, -0.05) is 54.1 Å². The molecule has 2 amide bonds. The molecule has 0 saturated heterocycles. The van der Waals surface area contributed by atoms with E-state index in [-0.39, 0.29) is 23.5 Å². The summed E-state index contributed by atoms with van der Waals surface area (Å²) in [6, 6.07) is 25.9. The van der Waals surface area contributed by atoms with Crippen molar-refractivity contribution in [3.8, 4) is 5.75 Å². The Morgan fingerprint density at radius 3 is 2.06 bits per heavy atom. The lowest BCUT2D eigenvalue weighted by Gasteiger charge is -2.35. The van der Waals surface area contributed by atoms with Gasteiger partial charge in [0.1, 0.15) is 24.2 Å². The largest absolute Gasteiger partial charge is 0.494 e. The fourth-order valence-corrected chi connectivity index (χ4v) is 6.47. The third-order valence-corrected chi connectivity index (χ3v) is 9.19. The van der Waals surface area contributed by atoms with Gasteiger partial charge in [-0.05, 0) is 99.5 Å². The number of nitrogens with zero attached hydrogens (tertiary/aromatic N) is 2. The average Bonchev–Trinajstić information content (AvgIpc) is 3.03. The van der Waals surface area contributed by atoms with Crippen LogP contribution in [0.3, 0.4) is 0 Å². The maximum absolute atomic E-state index is 14.5. The molecule has 0 radical (unpaired) electrons. The number of nitrogens with one attached hydrogen (secondary N) is 1. The van der Waals surface area contributed by atoms with Crippen LogP contribution < -0.4 is 14.4 Å². The fourth-order valence-electron chi connectivity index (χ4n) is 4.93. The van der Waals surface area contributed by atoms with Crippen molar-refractivity contribution < 1.29 is 27.1 Å². The standard InChI is InChI=1S/C36H39ClFN3O5S/c1-5-46-31-19-17-30(18-20-31)41(47(44,45)32-21-15-29(38)16-22-32)25-34(42)40(24-27-11-13-28(37)14-12-27)33(35(43)39-36(2,3)4)23-26-9-7-6-8-10-26/h6-22,33H,5,23-25H2,1-4H3,(H,39,43). The molecule has 0 aliphatic carbocycles. The summed E-state index contributed by atoms with van der Waals surface area (Å²) in [6.45, 7) is 7.13. The Bertz CT molecular complexity index is 1750. The first-order chi connectivity index (χ1) is 22.3. The maximum Gasteiger partial charge on any atom is 0.264 e. The number of sulfonamides is 1. The van der Waals surface area contributed by atoms with Gasteiger partial charge in [-0.25, -0.2) is 12.8 Å². The first-order valence-electron chi connectivity index (χ1n) is 15.2. The summed E-state index contributed by atoms with van der Waals surface area (Å²) in [7, 11) is -4.38. The zero-order chi connectivity index (χ0) is 34.2. The summed E-state index contributed by atoms with van der Waals surface area (Å²) >= 11 is 6.14. The second-order valence-electron chi connectivity index (χ2n) is 12.0. The Morgan fingerprint density at radius 1 is 0.872 bits per heavy atom. The van der Waals surface area contributed by atoms with Gasteiger partial charge in [-0.15, -0.1) is 0 Å². The molecule has 1 N–H and O–H groups in total. The molecule has 47 heavy (non-hydrogen) atoms. The molecule has 4 aromatic rings. The molecule has 0 aliphatic heterocycles. The van der Waals surface area contributed by atoms with E-state index in [2.05, 4.69) is 5.32 Å². The number of hydrogen-bond acceptors (Lipinski definition) is 5. The van der Waals surface area contributed by atoms with Gasteiger partial charge in [-0.2, -0.15) is 0 Å². The highest BCUT2D eigenvalue weighted by Crippen LogP contribution is 2.27. The SMILES string of the molecule is CCOc1ccc(N(CC(=O)N(Cc2ccc(Cl)cc2)C(Cc2ccccc2)C(=O)NC(C)(C)C)S(=O)(=O)c2ccc(F)cc2)cc1. The fraction of sp³-hybridized carbons (Fsp3) is 0.278. The summed E-state index contributed by atoms with van der Waals surface area (Å²) in [4.78, 5) is 29.7. The molecular weight excluding hydrogens is 641 g/mol. The van der Waals surface area contributed by atoms with E-state index in [1.165, 1.54) is 17.0 Å². The quantitative estimate of drug-likeness (QED) is 0.171. The molecule has 0 heterocycles. The molecule has 0 aliphatic rings. The molecule has 248 valence electrons. The van der Waals surface area contributed by atoms with Crippen LogP contribution in [0, 0.1) is 5.82 Å². The van der Waals surface area contributed by atoms with E-state index < -0.39 is 45.8 Å². The second kappa shape index (κ2) is 15.5. The highest BCUT2D eigenvalue weighted by atomic mass is 35.5. The van der Waals surface area contributed by atoms with Crippen molar-refractivity contribution in [2.45, 2.75) is 57.1 Å². The highest BCUT2D eigenvalue weighted by molar-refractivity contribution is 7.92. The lowest BCUT2D eigenvalue weighted by molar-refractivity contribution is -0.140. The Morgan fingerprint density at radius 2 is 1.49 bits per heavy atom. The minimum Gasteiger partial charge on any atom is -0.494 e. The lowest BCUT2D eigenvalue weighted by Crippen LogP contribution is -2.56. The predicted molar refractivity (Wildman–Crippen MR) is 182 cm³/mol. The molecule has 0 bridgehead atoms. The molecule has 4 rings (SSSR count). The zero-order valence-corrected chi connectivity index (χ0v) is 28.4. The third-order valence-electron chi connectivity index (χ3n) is 7.15. The topological polar surface area (TPSA) is 96.0 Å². The molecular formula is C36H39ClFN3O5S. The van der Waals surface area contributed by atoms with Crippen molar-refractivity contribution in [3.05, 3.63) is 125 Å².